The first-order chi connectivity index (χ1) is 15.3. The van der Waals surface area contributed by atoms with Crippen LogP contribution in [-0.4, -0.2) is 24.6 Å². The van der Waals surface area contributed by atoms with Crippen LogP contribution in [0.25, 0.3) is 11.2 Å². The summed E-state index contributed by atoms with van der Waals surface area (Å²) in [5.74, 6) is 0.264. The molecule has 1 N–H and O–H groups in total. The van der Waals surface area contributed by atoms with E-state index in [1.807, 2.05) is 30.3 Å². The monoisotopic (exact) mass is 453 g/mol. The Kier molecular flexibility index (Phi) is 5.83. The maximum absolute atomic E-state index is 12.6. The number of imidazole rings is 1. The Morgan fingerprint density at radius 1 is 1.03 bits per heavy atom. The predicted molar refractivity (Wildman–Crippen MR) is 121 cm³/mol. The van der Waals surface area contributed by atoms with Gasteiger partial charge >= 0.3 is 5.69 Å². The summed E-state index contributed by atoms with van der Waals surface area (Å²) in [5, 5.41) is 2.70. The minimum atomic E-state index is -0.574. The fourth-order valence-corrected chi connectivity index (χ4v) is 3.51. The molecule has 0 bridgehead atoms. The van der Waals surface area contributed by atoms with E-state index in [1.165, 1.54) is 23.2 Å². The maximum Gasteiger partial charge on any atom is 0.332 e. The number of nitrogens with one attached hydrogen (secondary N) is 1. The van der Waals surface area contributed by atoms with Crippen molar-refractivity contribution in [3.63, 3.8) is 0 Å². The van der Waals surface area contributed by atoms with Crippen LogP contribution in [0.5, 0.6) is 5.75 Å². The summed E-state index contributed by atoms with van der Waals surface area (Å²) >= 11 is 6.16. The topological polar surface area (TPSA) is 100 Å². The highest BCUT2D eigenvalue weighted by atomic mass is 35.5. The van der Waals surface area contributed by atoms with Gasteiger partial charge in [-0.25, -0.2) is 4.79 Å². The molecule has 10 heteroatoms. The van der Waals surface area contributed by atoms with Crippen molar-refractivity contribution < 1.29 is 9.53 Å². The number of carbonyl (C=O) groups is 1. The van der Waals surface area contributed by atoms with Crippen LogP contribution in [0, 0.1) is 0 Å². The largest absolute Gasteiger partial charge is 0.489 e. The Balaban J connectivity index is 1.47. The van der Waals surface area contributed by atoms with Gasteiger partial charge in [-0.05, 0) is 41.4 Å². The zero-order valence-electron chi connectivity index (χ0n) is 17.4. The molecule has 0 aliphatic heterocycles. The number of rotatable bonds is 6. The van der Waals surface area contributed by atoms with E-state index in [2.05, 4.69) is 10.3 Å². The molecule has 32 heavy (non-hydrogen) atoms. The number of nitrogens with zero attached hydrogens (tertiary/aromatic N) is 4. The Morgan fingerprint density at radius 2 is 1.72 bits per heavy atom. The molecule has 0 fully saturated rings. The van der Waals surface area contributed by atoms with Crippen molar-refractivity contribution in [1.82, 2.24) is 18.7 Å². The lowest BCUT2D eigenvalue weighted by molar-refractivity contribution is -0.116. The normalized spacial score (nSPS) is 11.0. The van der Waals surface area contributed by atoms with Gasteiger partial charge in [0.2, 0.25) is 11.2 Å². The molecule has 0 unspecified atom stereocenters. The predicted octanol–water partition coefficient (Wildman–Crippen LogP) is 2.30. The highest BCUT2D eigenvalue weighted by Crippen LogP contribution is 2.19. The molecule has 1 amide bonds. The molecular formula is C22H20ClN5O4. The van der Waals surface area contributed by atoms with Crippen LogP contribution in [0.3, 0.4) is 0 Å². The van der Waals surface area contributed by atoms with Crippen molar-refractivity contribution in [3.8, 4) is 5.75 Å². The van der Waals surface area contributed by atoms with Gasteiger partial charge in [0.15, 0.2) is 11.2 Å². The Bertz CT molecular complexity index is 1410. The van der Waals surface area contributed by atoms with E-state index in [-0.39, 0.29) is 23.0 Å². The summed E-state index contributed by atoms with van der Waals surface area (Å²) < 4.78 is 9.18. The van der Waals surface area contributed by atoms with Crippen molar-refractivity contribution in [2.75, 3.05) is 5.32 Å². The Labute approximate surface area is 187 Å². The highest BCUT2D eigenvalue weighted by molar-refractivity contribution is 6.29. The molecule has 4 aromatic rings. The van der Waals surface area contributed by atoms with Crippen molar-refractivity contribution in [1.29, 1.82) is 0 Å². The lowest BCUT2D eigenvalue weighted by atomic mass is 10.2. The SMILES string of the molecule is Cn1c(=O)c2c(nc(Cl)n2CC(=O)Nc2ccc(OCc3ccccc3)cc2)n(C)c1=O. The number of anilines is 1. The number of hydrogen-bond acceptors (Lipinski definition) is 5. The number of aryl methyl sites for hydroxylation is 1. The van der Waals surface area contributed by atoms with Crippen LogP contribution < -0.4 is 21.3 Å². The second-order valence-corrected chi connectivity index (χ2v) is 7.53. The maximum atomic E-state index is 12.6. The van der Waals surface area contributed by atoms with Gasteiger partial charge in [-0.3, -0.25) is 23.3 Å². The van der Waals surface area contributed by atoms with E-state index < -0.39 is 17.2 Å². The summed E-state index contributed by atoms with van der Waals surface area (Å²) in [6, 6.07) is 16.7. The van der Waals surface area contributed by atoms with Gasteiger partial charge in [0, 0.05) is 19.8 Å². The summed E-state index contributed by atoms with van der Waals surface area (Å²) in [6.07, 6.45) is 0. The molecule has 0 saturated carbocycles. The minimum Gasteiger partial charge on any atom is -0.489 e. The van der Waals surface area contributed by atoms with E-state index in [1.54, 1.807) is 24.3 Å². The third kappa shape index (κ3) is 4.15. The Morgan fingerprint density at radius 3 is 2.41 bits per heavy atom. The first-order valence-electron chi connectivity index (χ1n) is 9.73. The Hall–Kier alpha value is -3.85. The number of ether oxygens (including phenoxy) is 1. The number of fused-ring (bicyclic) bond motifs is 1. The highest BCUT2D eigenvalue weighted by Gasteiger charge is 2.19. The standard InChI is InChI=1S/C22H20ClN5O4/c1-26-19-18(20(30)27(2)22(26)31)28(21(23)25-19)12-17(29)24-15-8-10-16(11-9-15)32-13-14-6-4-3-5-7-14/h3-11H,12-13H2,1-2H3,(H,24,29). The fourth-order valence-electron chi connectivity index (χ4n) is 3.28. The van der Waals surface area contributed by atoms with Gasteiger partial charge in [-0.2, -0.15) is 4.98 Å². The molecule has 0 radical (unpaired) electrons. The van der Waals surface area contributed by atoms with Gasteiger partial charge in [0.05, 0.1) is 0 Å². The second kappa shape index (κ2) is 8.72. The lowest BCUT2D eigenvalue weighted by Gasteiger charge is -2.10. The number of amides is 1. The van der Waals surface area contributed by atoms with Crippen molar-refractivity contribution >= 4 is 34.4 Å². The third-order valence-electron chi connectivity index (χ3n) is 4.99. The van der Waals surface area contributed by atoms with E-state index in [0.717, 1.165) is 10.1 Å². The molecular weight excluding hydrogens is 434 g/mol. The minimum absolute atomic E-state index is 0.0573. The third-order valence-corrected chi connectivity index (χ3v) is 5.28. The summed E-state index contributed by atoms with van der Waals surface area (Å²) in [6.45, 7) is 0.200. The van der Waals surface area contributed by atoms with Crippen LogP contribution in [0.1, 0.15) is 5.56 Å². The molecule has 164 valence electrons. The van der Waals surface area contributed by atoms with Gasteiger partial charge in [-0.15, -0.1) is 0 Å². The van der Waals surface area contributed by atoms with E-state index >= 15 is 0 Å². The van der Waals surface area contributed by atoms with Crippen LogP contribution >= 0.6 is 11.6 Å². The van der Waals surface area contributed by atoms with Crippen molar-refractivity contribution in [3.05, 3.63) is 86.3 Å². The number of aromatic nitrogens is 4. The van der Waals surface area contributed by atoms with Crippen LogP contribution in [0.4, 0.5) is 5.69 Å². The smallest absolute Gasteiger partial charge is 0.332 e. The molecule has 0 saturated heterocycles. The first-order valence-corrected chi connectivity index (χ1v) is 10.1. The van der Waals surface area contributed by atoms with Crippen LogP contribution in [-0.2, 0) is 32.0 Å². The number of benzene rings is 2. The molecule has 2 aromatic heterocycles. The van der Waals surface area contributed by atoms with Gasteiger partial charge < -0.3 is 10.1 Å². The molecule has 0 aliphatic carbocycles. The van der Waals surface area contributed by atoms with Crippen molar-refractivity contribution in [2.45, 2.75) is 13.2 Å². The van der Waals surface area contributed by atoms with E-state index in [0.29, 0.717) is 18.0 Å². The molecule has 9 nitrogen and oxygen atoms in total. The number of carbonyl (C=O) groups excluding carboxylic acids is 1. The first kappa shape index (κ1) is 21.4. The van der Waals surface area contributed by atoms with Gasteiger partial charge in [0.25, 0.3) is 5.56 Å². The second-order valence-electron chi connectivity index (χ2n) is 7.19. The average Bonchev–Trinajstić information content (AvgIpc) is 3.12. The molecule has 2 heterocycles. The van der Waals surface area contributed by atoms with Crippen LogP contribution in [0.15, 0.2) is 64.2 Å². The molecule has 0 spiro atoms. The van der Waals surface area contributed by atoms with Crippen molar-refractivity contribution in [2.24, 2.45) is 14.1 Å². The summed E-state index contributed by atoms with van der Waals surface area (Å²) in [4.78, 5) is 41.3. The number of halogens is 1. The summed E-state index contributed by atoms with van der Waals surface area (Å²) in [7, 11) is 2.84. The van der Waals surface area contributed by atoms with E-state index in [9.17, 15) is 14.4 Å². The van der Waals surface area contributed by atoms with Crippen LogP contribution in [0.2, 0.25) is 5.28 Å². The fraction of sp³-hybridized carbons (Fsp3) is 0.182. The zero-order chi connectivity index (χ0) is 22.8. The molecule has 0 atom stereocenters. The number of hydrogen-bond donors (Lipinski definition) is 1. The average molecular weight is 454 g/mol. The quantitative estimate of drug-likeness (QED) is 0.451. The zero-order valence-corrected chi connectivity index (χ0v) is 18.2. The summed E-state index contributed by atoms with van der Waals surface area (Å²) in [5.41, 5.74) is 0.717. The molecule has 4 rings (SSSR count). The molecule has 2 aromatic carbocycles. The van der Waals surface area contributed by atoms with Gasteiger partial charge in [0.1, 0.15) is 18.9 Å². The molecule has 0 aliphatic rings. The van der Waals surface area contributed by atoms with E-state index in [4.69, 9.17) is 16.3 Å². The van der Waals surface area contributed by atoms with Gasteiger partial charge in [-0.1, -0.05) is 30.3 Å². The lowest BCUT2D eigenvalue weighted by Crippen LogP contribution is -2.37.